The van der Waals surface area contributed by atoms with Crippen LogP contribution in [-0.2, 0) is 9.53 Å². The quantitative estimate of drug-likeness (QED) is 0.616. The molecule has 0 atom stereocenters. The van der Waals surface area contributed by atoms with Gasteiger partial charge in [-0.1, -0.05) is 12.2 Å². The van der Waals surface area contributed by atoms with Crippen LogP contribution in [0.2, 0.25) is 0 Å². The first-order valence-corrected chi connectivity index (χ1v) is 5.57. The Balaban J connectivity index is 3.03. The molecular formula is C11H15N3O2S. The summed E-state index contributed by atoms with van der Waals surface area (Å²) in [4.78, 5) is 17.5. The summed E-state index contributed by atoms with van der Waals surface area (Å²) in [5.41, 5.74) is 6.28. The Morgan fingerprint density at radius 2 is 2.35 bits per heavy atom. The third-order valence-corrected chi connectivity index (χ3v) is 2.50. The number of rotatable bonds is 5. The van der Waals surface area contributed by atoms with Gasteiger partial charge in [-0.05, 0) is 19.1 Å². The number of ether oxygens (including phenoxy) is 1. The third kappa shape index (κ3) is 3.39. The summed E-state index contributed by atoms with van der Waals surface area (Å²) in [7, 11) is 1.35. The van der Waals surface area contributed by atoms with Crippen LogP contribution in [0.25, 0.3) is 0 Å². The van der Waals surface area contributed by atoms with E-state index in [1.807, 2.05) is 6.92 Å². The lowest BCUT2D eigenvalue weighted by molar-refractivity contribution is -0.138. The van der Waals surface area contributed by atoms with Gasteiger partial charge in [-0.2, -0.15) is 0 Å². The number of aromatic nitrogens is 1. The van der Waals surface area contributed by atoms with E-state index in [-0.39, 0.29) is 17.5 Å². The molecule has 0 saturated heterocycles. The van der Waals surface area contributed by atoms with Crippen molar-refractivity contribution in [2.75, 3.05) is 25.1 Å². The number of thiocarbonyl (C=S) groups is 1. The summed E-state index contributed by atoms with van der Waals surface area (Å²) in [5.74, 6) is 0.277. The molecule has 0 unspecified atom stereocenters. The highest BCUT2D eigenvalue weighted by Gasteiger charge is 2.15. The van der Waals surface area contributed by atoms with Gasteiger partial charge in [0, 0.05) is 12.7 Å². The van der Waals surface area contributed by atoms with Crippen molar-refractivity contribution in [3.8, 4) is 0 Å². The third-order valence-electron chi connectivity index (χ3n) is 2.28. The molecule has 0 saturated carbocycles. The van der Waals surface area contributed by atoms with Gasteiger partial charge in [0.1, 0.15) is 17.4 Å². The SMILES string of the molecule is CCN(CC(=O)OC)c1ncccc1C(N)=S. The number of anilines is 1. The maximum atomic E-state index is 11.3. The minimum absolute atomic E-state index is 0.125. The number of nitrogens with two attached hydrogens (primary N) is 1. The van der Waals surface area contributed by atoms with E-state index in [1.54, 1.807) is 23.2 Å². The lowest BCUT2D eigenvalue weighted by Gasteiger charge is -2.22. The number of likely N-dealkylation sites (N-methyl/N-ethyl adjacent to an activating group) is 1. The van der Waals surface area contributed by atoms with E-state index >= 15 is 0 Å². The summed E-state index contributed by atoms with van der Waals surface area (Å²) >= 11 is 4.95. The number of hydrogen-bond acceptors (Lipinski definition) is 5. The van der Waals surface area contributed by atoms with Crippen molar-refractivity contribution in [1.82, 2.24) is 4.98 Å². The summed E-state index contributed by atoms with van der Waals surface area (Å²) in [5, 5.41) is 0. The molecule has 1 aromatic rings. The fourth-order valence-electron chi connectivity index (χ4n) is 1.40. The first kappa shape index (κ1) is 13.4. The molecule has 92 valence electrons. The predicted octanol–water partition coefficient (Wildman–Crippen LogP) is 0.715. The zero-order valence-electron chi connectivity index (χ0n) is 9.84. The number of carbonyl (C=O) groups is 1. The van der Waals surface area contributed by atoms with E-state index in [1.165, 1.54) is 7.11 Å². The van der Waals surface area contributed by atoms with Crippen LogP contribution in [0.4, 0.5) is 5.82 Å². The molecule has 0 fully saturated rings. The lowest BCUT2D eigenvalue weighted by Crippen LogP contribution is -2.32. The van der Waals surface area contributed by atoms with Crippen LogP contribution in [-0.4, -0.2) is 36.1 Å². The number of pyridine rings is 1. The van der Waals surface area contributed by atoms with Gasteiger partial charge in [-0.25, -0.2) is 4.98 Å². The van der Waals surface area contributed by atoms with Gasteiger partial charge in [0.15, 0.2) is 0 Å². The average Bonchev–Trinajstić information content (AvgIpc) is 2.35. The molecule has 6 heteroatoms. The van der Waals surface area contributed by atoms with Crippen LogP contribution in [0.5, 0.6) is 0 Å². The van der Waals surface area contributed by atoms with Crippen LogP contribution in [0.3, 0.4) is 0 Å². The van der Waals surface area contributed by atoms with Crippen molar-refractivity contribution in [3.05, 3.63) is 23.9 Å². The first-order chi connectivity index (χ1) is 8.10. The largest absolute Gasteiger partial charge is 0.468 e. The highest BCUT2D eigenvalue weighted by Crippen LogP contribution is 2.16. The van der Waals surface area contributed by atoms with Crippen molar-refractivity contribution >= 4 is 29.0 Å². The predicted molar refractivity (Wildman–Crippen MR) is 70.0 cm³/mol. The monoisotopic (exact) mass is 253 g/mol. The van der Waals surface area contributed by atoms with Gasteiger partial charge in [0.2, 0.25) is 0 Å². The van der Waals surface area contributed by atoms with E-state index in [0.29, 0.717) is 17.9 Å². The number of hydrogen-bond donors (Lipinski definition) is 1. The Morgan fingerprint density at radius 3 is 2.88 bits per heavy atom. The highest BCUT2D eigenvalue weighted by atomic mass is 32.1. The van der Waals surface area contributed by atoms with Crippen molar-refractivity contribution in [2.24, 2.45) is 5.73 Å². The summed E-state index contributed by atoms with van der Waals surface area (Å²) in [6, 6.07) is 3.54. The van der Waals surface area contributed by atoms with Crippen LogP contribution >= 0.6 is 12.2 Å². The molecule has 5 nitrogen and oxygen atoms in total. The number of nitrogens with zero attached hydrogens (tertiary/aromatic N) is 2. The summed E-state index contributed by atoms with van der Waals surface area (Å²) in [6.07, 6.45) is 1.64. The van der Waals surface area contributed by atoms with Crippen LogP contribution < -0.4 is 10.6 Å². The van der Waals surface area contributed by atoms with Crippen molar-refractivity contribution in [3.63, 3.8) is 0 Å². The number of esters is 1. The van der Waals surface area contributed by atoms with Crippen LogP contribution in [0.15, 0.2) is 18.3 Å². The van der Waals surface area contributed by atoms with Gasteiger partial charge in [0.05, 0.1) is 12.7 Å². The summed E-state index contributed by atoms with van der Waals surface area (Å²) in [6.45, 7) is 2.66. The smallest absolute Gasteiger partial charge is 0.325 e. The molecule has 0 spiro atoms. The van der Waals surface area contributed by atoms with Gasteiger partial charge < -0.3 is 15.4 Å². The molecule has 2 N–H and O–H groups in total. The van der Waals surface area contributed by atoms with Crippen molar-refractivity contribution < 1.29 is 9.53 Å². The molecule has 0 bridgehead atoms. The van der Waals surface area contributed by atoms with Crippen LogP contribution in [0.1, 0.15) is 12.5 Å². The summed E-state index contributed by atoms with van der Waals surface area (Å²) < 4.78 is 4.63. The van der Waals surface area contributed by atoms with Crippen LogP contribution in [0, 0.1) is 0 Å². The van der Waals surface area contributed by atoms with E-state index < -0.39 is 0 Å². The molecule has 0 aromatic carbocycles. The maximum absolute atomic E-state index is 11.3. The minimum atomic E-state index is -0.327. The lowest BCUT2D eigenvalue weighted by atomic mass is 10.2. The maximum Gasteiger partial charge on any atom is 0.325 e. The zero-order valence-corrected chi connectivity index (χ0v) is 10.7. The topological polar surface area (TPSA) is 68.5 Å². The van der Waals surface area contributed by atoms with Crippen molar-refractivity contribution in [2.45, 2.75) is 6.92 Å². The Kier molecular flexibility index (Phi) is 4.84. The fourth-order valence-corrected chi connectivity index (χ4v) is 1.56. The second-order valence-corrected chi connectivity index (χ2v) is 3.77. The highest BCUT2D eigenvalue weighted by molar-refractivity contribution is 7.80. The second-order valence-electron chi connectivity index (χ2n) is 3.33. The van der Waals surface area contributed by atoms with Gasteiger partial charge in [0.25, 0.3) is 0 Å². The average molecular weight is 253 g/mol. The second kappa shape index (κ2) is 6.15. The fraction of sp³-hybridized carbons (Fsp3) is 0.364. The van der Waals surface area contributed by atoms with Gasteiger partial charge in [-0.15, -0.1) is 0 Å². The van der Waals surface area contributed by atoms with Gasteiger partial charge >= 0.3 is 5.97 Å². The minimum Gasteiger partial charge on any atom is -0.468 e. The molecular weight excluding hydrogens is 238 g/mol. The molecule has 1 heterocycles. The molecule has 1 aromatic heterocycles. The standard InChI is InChI=1S/C11H15N3O2S/c1-3-14(7-9(15)16-2)11-8(10(12)17)5-4-6-13-11/h4-6H,3,7H2,1-2H3,(H2,12,17). The van der Waals surface area contributed by atoms with E-state index in [4.69, 9.17) is 18.0 Å². The Bertz CT molecular complexity index is 423. The molecule has 17 heavy (non-hydrogen) atoms. The normalized spacial score (nSPS) is 9.76. The molecule has 0 aliphatic carbocycles. The van der Waals surface area contributed by atoms with Gasteiger partial charge in [-0.3, -0.25) is 4.79 Å². The Hall–Kier alpha value is -1.69. The van der Waals surface area contributed by atoms with E-state index in [9.17, 15) is 4.79 Å². The van der Waals surface area contributed by atoms with E-state index in [2.05, 4.69) is 9.72 Å². The molecule has 0 radical (unpaired) electrons. The molecule has 1 rings (SSSR count). The number of methoxy groups -OCH3 is 1. The first-order valence-electron chi connectivity index (χ1n) is 5.16. The Labute approximate surface area is 106 Å². The molecule has 0 aliphatic heterocycles. The zero-order chi connectivity index (χ0) is 12.8. The number of carbonyl (C=O) groups excluding carboxylic acids is 1. The van der Waals surface area contributed by atoms with Crippen molar-refractivity contribution in [1.29, 1.82) is 0 Å². The Morgan fingerprint density at radius 1 is 1.65 bits per heavy atom. The molecule has 0 aliphatic rings. The van der Waals surface area contributed by atoms with E-state index in [0.717, 1.165) is 0 Å². The molecule has 0 amide bonds.